The van der Waals surface area contributed by atoms with E-state index in [1.807, 2.05) is 19.3 Å². The van der Waals surface area contributed by atoms with Crippen molar-refractivity contribution in [2.75, 3.05) is 19.0 Å². The van der Waals surface area contributed by atoms with E-state index in [0.717, 1.165) is 24.9 Å². The second-order valence-corrected chi connectivity index (χ2v) is 4.18. The molecule has 1 N–H and O–H groups in total. The first-order valence-corrected chi connectivity index (χ1v) is 5.32. The molecule has 0 aliphatic heterocycles. The zero-order valence-electron chi connectivity index (χ0n) is 9.29. The lowest BCUT2D eigenvalue weighted by molar-refractivity contribution is -0.0602. The highest BCUT2D eigenvalue weighted by molar-refractivity contribution is 5.25. The zero-order valence-corrected chi connectivity index (χ0v) is 9.29. The quantitative estimate of drug-likeness (QED) is 0.817. The number of hydrogen-bond donors (Lipinski definition) is 1. The topological polar surface area (TPSA) is 47.0 Å². The molecule has 2 rings (SSSR count). The first kappa shape index (κ1) is 10.4. The molecule has 1 aliphatic carbocycles. The van der Waals surface area contributed by atoms with Crippen LogP contribution < -0.4 is 5.32 Å². The van der Waals surface area contributed by atoms with Gasteiger partial charge in [-0.05, 0) is 31.7 Å². The Kier molecular flexibility index (Phi) is 2.86. The van der Waals surface area contributed by atoms with E-state index in [0.29, 0.717) is 5.95 Å². The van der Waals surface area contributed by atoms with Gasteiger partial charge in [0, 0.05) is 26.0 Å². The van der Waals surface area contributed by atoms with Crippen LogP contribution in [-0.2, 0) is 4.74 Å². The van der Waals surface area contributed by atoms with E-state index >= 15 is 0 Å². The van der Waals surface area contributed by atoms with Gasteiger partial charge in [0.1, 0.15) is 0 Å². The summed E-state index contributed by atoms with van der Waals surface area (Å²) >= 11 is 0. The second-order valence-electron chi connectivity index (χ2n) is 4.18. The highest BCUT2D eigenvalue weighted by Crippen LogP contribution is 2.34. The normalized spacial score (nSPS) is 18.3. The van der Waals surface area contributed by atoms with E-state index < -0.39 is 0 Å². The summed E-state index contributed by atoms with van der Waals surface area (Å²) in [6.07, 6.45) is 7.14. The van der Waals surface area contributed by atoms with Gasteiger partial charge in [-0.2, -0.15) is 0 Å². The largest absolute Gasteiger partial charge is 0.376 e. The highest BCUT2D eigenvalue weighted by atomic mass is 16.5. The van der Waals surface area contributed by atoms with Crippen LogP contribution in [0.3, 0.4) is 0 Å². The fourth-order valence-electron chi connectivity index (χ4n) is 1.75. The molecular weight excluding hydrogens is 190 g/mol. The number of rotatable bonds is 4. The van der Waals surface area contributed by atoms with Gasteiger partial charge < -0.3 is 10.1 Å². The highest BCUT2D eigenvalue weighted by Gasteiger charge is 2.36. The molecule has 0 bridgehead atoms. The Morgan fingerprint density at radius 1 is 1.40 bits per heavy atom. The summed E-state index contributed by atoms with van der Waals surface area (Å²) in [5.74, 6) is 0.684. The van der Waals surface area contributed by atoms with Gasteiger partial charge in [0.25, 0.3) is 0 Å². The van der Waals surface area contributed by atoms with Crippen LogP contribution >= 0.6 is 0 Å². The Bertz CT molecular complexity index is 314. The van der Waals surface area contributed by atoms with E-state index in [2.05, 4.69) is 15.3 Å². The van der Waals surface area contributed by atoms with Crippen LogP contribution in [0.5, 0.6) is 0 Å². The molecule has 1 heterocycles. The molecule has 15 heavy (non-hydrogen) atoms. The maximum absolute atomic E-state index is 5.50. The minimum absolute atomic E-state index is 0.0221. The Hall–Kier alpha value is -1.16. The molecule has 82 valence electrons. The van der Waals surface area contributed by atoms with Gasteiger partial charge in [0.2, 0.25) is 5.95 Å². The third-order valence-electron chi connectivity index (χ3n) is 3.05. The van der Waals surface area contributed by atoms with E-state index in [4.69, 9.17) is 4.74 Å². The number of anilines is 1. The summed E-state index contributed by atoms with van der Waals surface area (Å²) < 4.78 is 5.50. The number of aryl methyl sites for hydroxylation is 1. The number of ether oxygens (including phenoxy) is 1. The lowest BCUT2D eigenvalue weighted by Crippen LogP contribution is -2.45. The van der Waals surface area contributed by atoms with Crippen LogP contribution in [0.25, 0.3) is 0 Å². The fraction of sp³-hybridized carbons (Fsp3) is 0.636. The number of nitrogens with one attached hydrogen (secondary N) is 1. The summed E-state index contributed by atoms with van der Waals surface area (Å²) in [5.41, 5.74) is 1.10. The van der Waals surface area contributed by atoms with Gasteiger partial charge in [-0.1, -0.05) is 0 Å². The number of methoxy groups -OCH3 is 1. The van der Waals surface area contributed by atoms with Gasteiger partial charge in [0.15, 0.2) is 0 Å². The summed E-state index contributed by atoms with van der Waals surface area (Å²) in [5, 5.41) is 3.22. The molecule has 1 fully saturated rings. The van der Waals surface area contributed by atoms with E-state index in [-0.39, 0.29) is 5.60 Å². The average Bonchev–Trinajstić information content (AvgIpc) is 2.20. The monoisotopic (exact) mass is 207 g/mol. The van der Waals surface area contributed by atoms with Crippen molar-refractivity contribution < 1.29 is 4.74 Å². The number of aromatic nitrogens is 2. The SMILES string of the molecule is COC1(CNc2ncc(C)cn2)CCC1. The van der Waals surface area contributed by atoms with Crippen LogP contribution in [0.2, 0.25) is 0 Å². The van der Waals surface area contributed by atoms with Gasteiger partial charge in [0.05, 0.1) is 5.60 Å². The third kappa shape index (κ3) is 2.26. The molecular formula is C11H17N3O. The summed E-state index contributed by atoms with van der Waals surface area (Å²) in [4.78, 5) is 8.39. The second kappa shape index (κ2) is 4.14. The predicted molar refractivity (Wildman–Crippen MR) is 58.8 cm³/mol. The van der Waals surface area contributed by atoms with Crippen molar-refractivity contribution in [1.29, 1.82) is 0 Å². The van der Waals surface area contributed by atoms with E-state index in [1.165, 1.54) is 6.42 Å². The lowest BCUT2D eigenvalue weighted by Gasteiger charge is -2.40. The Morgan fingerprint density at radius 3 is 2.53 bits per heavy atom. The van der Waals surface area contributed by atoms with E-state index in [1.54, 1.807) is 7.11 Å². The van der Waals surface area contributed by atoms with Gasteiger partial charge >= 0.3 is 0 Å². The molecule has 0 aromatic carbocycles. The Balaban J connectivity index is 1.90. The average molecular weight is 207 g/mol. The molecule has 4 heteroatoms. The molecule has 1 aromatic heterocycles. The van der Waals surface area contributed by atoms with Crippen LogP contribution in [0.4, 0.5) is 5.95 Å². The minimum Gasteiger partial charge on any atom is -0.376 e. The molecule has 0 unspecified atom stereocenters. The Labute approximate surface area is 90.1 Å². The smallest absolute Gasteiger partial charge is 0.222 e. The van der Waals surface area contributed by atoms with Crippen molar-refractivity contribution in [3.63, 3.8) is 0 Å². The standard InChI is InChI=1S/C11H17N3O/c1-9-6-12-10(13-7-9)14-8-11(15-2)4-3-5-11/h6-7H,3-5,8H2,1-2H3,(H,12,13,14). The van der Waals surface area contributed by atoms with Gasteiger partial charge in [-0.3, -0.25) is 0 Å². The maximum atomic E-state index is 5.50. The zero-order chi connectivity index (χ0) is 10.7. The molecule has 0 saturated heterocycles. The molecule has 0 amide bonds. The summed E-state index contributed by atoms with van der Waals surface area (Å²) in [6.45, 7) is 2.78. The van der Waals surface area contributed by atoms with Crippen molar-refractivity contribution in [3.05, 3.63) is 18.0 Å². The molecule has 4 nitrogen and oxygen atoms in total. The van der Waals surface area contributed by atoms with Gasteiger partial charge in [-0.25, -0.2) is 9.97 Å². The number of hydrogen-bond acceptors (Lipinski definition) is 4. The molecule has 1 aliphatic rings. The predicted octanol–water partition coefficient (Wildman–Crippen LogP) is 1.77. The van der Waals surface area contributed by atoms with Crippen LogP contribution in [0.1, 0.15) is 24.8 Å². The summed E-state index contributed by atoms with van der Waals surface area (Å²) in [7, 11) is 1.77. The third-order valence-corrected chi connectivity index (χ3v) is 3.05. The van der Waals surface area contributed by atoms with Crippen molar-refractivity contribution in [2.45, 2.75) is 31.8 Å². The fourth-order valence-corrected chi connectivity index (χ4v) is 1.75. The van der Waals surface area contributed by atoms with Gasteiger partial charge in [-0.15, -0.1) is 0 Å². The Morgan fingerprint density at radius 2 is 2.07 bits per heavy atom. The van der Waals surface area contributed by atoms with Crippen molar-refractivity contribution in [2.24, 2.45) is 0 Å². The van der Waals surface area contributed by atoms with Crippen molar-refractivity contribution >= 4 is 5.95 Å². The molecule has 0 radical (unpaired) electrons. The first-order valence-electron chi connectivity index (χ1n) is 5.32. The maximum Gasteiger partial charge on any atom is 0.222 e. The van der Waals surface area contributed by atoms with Crippen LogP contribution in [-0.4, -0.2) is 29.2 Å². The molecule has 1 saturated carbocycles. The van der Waals surface area contributed by atoms with Crippen LogP contribution in [0.15, 0.2) is 12.4 Å². The molecule has 1 aromatic rings. The lowest BCUT2D eigenvalue weighted by atomic mass is 9.80. The molecule has 0 spiro atoms. The van der Waals surface area contributed by atoms with Crippen LogP contribution in [0, 0.1) is 6.92 Å². The van der Waals surface area contributed by atoms with Crippen molar-refractivity contribution in [1.82, 2.24) is 9.97 Å². The van der Waals surface area contributed by atoms with E-state index in [9.17, 15) is 0 Å². The van der Waals surface area contributed by atoms with Crippen molar-refractivity contribution in [3.8, 4) is 0 Å². The minimum atomic E-state index is 0.0221. The number of nitrogens with zero attached hydrogens (tertiary/aromatic N) is 2. The first-order chi connectivity index (χ1) is 7.24. The summed E-state index contributed by atoms with van der Waals surface area (Å²) in [6, 6.07) is 0. The molecule has 0 atom stereocenters.